The van der Waals surface area contributed by atoms with Crippen LogP contribution in [0.5, 0.6) is 0 Å². The summed E-state index contributed by atoms with van der Waals surface area (Å²) in [6.45, 7) is 0. The van der Waals surface area contributed by atoms with Crippen LogP contribution < -0.4 is 11.6 Å². The second kappa shape index (κ2) is 2.88. The molecule has 0 spiro atoms. The summed E-state index contributed by atoms with van der Waals surface area (Å²) < 4.78 is 0. The number of rotatable bonds is 0. The van der Waals surface area contributed by atoms with Crippen molar-refractivity contribution in [3.63, 3.8) is 0 Å². The number of hydrogen-bond acceptors (Lipinski definition) is 4. The molecule has 0 fully saturated rings. The van der Waals surface area contributed by atoms with Gasteiger partial charge in [0.25, 0.3) is 0 Å². The smallest absolute Gasteiger partial charge is 0.186 e. The Morgan fingerprint density at radius 2 is 2.17 bits per heavy atom. The summed E-state index contributed by atoms with van der Waals surface area (Å²) >= 11 is 0. The minimum atomic E-state index is -0.373. The molecule has 12 heavy (non-hydrogen) atoms. The summed E-state index contributed by atoms with van der Waals surface area (Å²) in [5.74, 6) is 5.77. The molecule has 1 heterocycles. The van der Waals surface area contributed by atoms with Crippen molar-refractivity contribution in [3.8, 4) is 0 Å². The van der Waals surface area contributed by atoms with E-state index in [0.717, 1.165) is 12.8 Å². The molecule has 0 amide bonds. The summed E-state index contributed by atoms with van der Waals surface area (Å²) in [6, 6.07) is 0. The van der Waals surface area contributed by atoms with Crippen molar-refractivity contribution < 1.29 is 0 Å². The van der Waals surface area contributed by atoms with Crippen LogP contribution in [-0.4, -0.2) is 17.5 Å². The quantitative estimate of drug-likeness (QED) is 0.509. The largest absolute Gasteiger partial charge is 0.291 e. The molecular weight excluding hydrogens is 152 g/mol. The zero-order valence-electron chi connectivity index (χ0n) is 7.03. The Kier molecular flexibility index (Phi) is 1.86. The zero-order chi connectivity index (χ0) is 8.55. The molecule has 1 unspecified atom stereocenters. The van der Waals surface area contributed by atoms with Gasteiger partial charge in [0.15, 0.2) is 6.29 Å². The number of aliphatic imine (C=N–C) groups is 1. The van der Waals surface area contributed by atoms with Crippen LogP contribution >= 0.6 is 0 Å². The van der Waals surface area contributed by atoms with Gasteiger partial charge in [-0.25, -0.2) is 5.84 Å². The molecule has 66 valence electrons. The summed E-state index contributed by atoms with van der Waals surface area (Å²) in [5, 5.41) is 1.59. The Bertz CT molecular complexity index is 243. The second-order valence-electron chi connectivity index (χ2n) is 3.28. The second-order valence-corrected chi connectivity index (χ2v) is 3.28. The lowest BCUT2D eigenvalue weighted by molar-refractivity contribution is 0.249. The molecule has 0 aromatic rings. The van der Waals surface area contributed by atoms with Crippen molar-refractivity contribution in [1.29, 1.82) is 0 Å². The summed E-state index contributed by atoms with van der Waals surface area (Å²) in [7, 11) is 0. The Morgan fingerprint density at radius 3 is 3.00 bits per heavy atom. The maximum atomic E-state index is 5.77. The van der Waals surface area contributed by atoms with Gasteiger partial charge in [-0.05, 0) is 31.3 Å². The van der Waals surface area contributed by atoms with Crippen LogP contribution in [0.2, 0.25) is 0 Å². The van der Waals surface area contributed by atoms with Crippen molar-refractivity contribution >= 4 is 6.21 Å². The van der Waals surface area contributed by atoms with E-state index in [1.807, 2.05) is 6.21 Å². The third kappa shape index (κ3) is 1.13. The fraction of sp³-hybridized carbons (Fsp3) is 0.625. The van der Waals surface area contributed by atoms with Gasteiger partial charge in [0.2, 0.25) is 0 Å². The molecule has 4 N–H and O–H groups in total. The van der Waals surface area contributed by atoms with Crippen molar-refractivity contribution in [2.45, 2.75) is 32.0 Å². The molecule has 0 radical (unpaired) electrons. The first-order valence-corrected chi connectivity index (χ1v) is 4.34. The van der Waals surface area contributed by atoms with E-state index in [1.54, 1.807) is 5.01 Å². The Hall–Kier alpha value is -0.870. The summed E-state index contributed by atoms with van der Waals surface area (Å²) in [6.07, 6.45) is 6.11. The first-order valence-electron chi connectivity index (χ1n) is 4.34. The highest BCUT2D eigenvalue weighted by Gasteiger charge is 2.22. The molecule has 1 atom stereocenters. The van der Waals surface area contributed by atoms with E-state index in [2.05, 4.69) is 4.99 Å². The van der Waals surface area contributed by atoms with Crippen molar-refractivity contribution in [3.05, 3.63) is 11.3 Å². The first kappa shape index (κ1) is 7.76. The van der Waals surface area contributed by atoms with Gasteiger partial charge in [0, 0.05) is 11.9 Å². The average Bonchev–Trinajstić information content (AvgIpc) is 2.12. The van der Waals surface area contributed by atoms with E-state index in [-0.39, 0.29) is 6.29 Å². The lowest BCUT2D eigenvalue weighted by atomic mass is 9.96. The topological polar surface area (TPSA) is 67.6 Å². The van der Waals surface area contributed by atoms with Crippen LogP contribution in [0.4, 0.5) is 0 Å². The minimum Gasteiger partial charge on any atom is -0.291 e. The molecule has 4 heteroatoms. The monoisotopic (exact) mass is 166 g/mol. The lowest BCUT2D eigenvalue weighted by Gasteiger charge is -2.32. The molecular formula is C8H14N4. The van der Waals surface area contributed by atoms with Gasteiger partial charge in [-0.2, -0.15) is 0 Å². The number of allylic oxidation sites excluding steroid dienone is 2. The van der Waals surface area contributed by atoms with Gasteiger partial charge in [0.1, 0.15) is 0 Å². The Morgan fingerprint density at radius 1 is 1.42 bits per heavy atom. The van der Waals surface area contributed by atoms with E-state index in [1.165, 1.54) is 24.1 Å². The molecule has 1 aliphatic carbocycles. The van der Waals surface area contributed by atoms with Crippen LogP contribution in [0, 0.1) is 0 Å². The molecule has 0 bridgehead atoms. The number of nitrogens with zero attached hydrogens (tertiary/aromatic N) is 2. The molecule has 0 saturated heterocycles. The highest BCUT2D eigenvalue weighted by molar-refractivity contribution is 5.80. The van der Waals surface area contributed by atoms with E-state index < -0.39 is 0 Å². The van der Waals surface area contributed by atoms with Gasteiger partial charge >= 0.3 is 0 Å². The maximum absolute atomic E-state index is 5.77. The molecule has 0 aromatic carbocycles. The Labute approximate surface area is 71.9 Å². The highest BCUT2D eigenvalue weighted by Crippen LogP contribution is 2.27. The van der Waals surface area contributed by atoms with Gasteiger partial charge in [-0.1, -0.05) is 0 Å². The third-order valence-electron chi connectivity index (χ3n) is 2.46. The van der Waals surface area contributed by atoms with Gasteiger partial charge < -0.3 is 0 Å². The first-order chi connectivity index (χ1) is 5.79. The summed E-state index contributed by atoms with van der Waals surface area (Å²) in [5.41, 5.74) is 8.11. The fourth-order valence-electron chi connectivity index (χ4n) is 1.74. The van der Waals surface area contributed by atoms with Gasteiger partial charge in [-0.3, -0.25) is 15.7 Å². The molecule has 1 aliphatic heterocycles. The van der Waals surface area contributed by atoms with Crippen LogP contribution in [-0.2, 0) is 0 Å². The number of nitrogens with two attached hydrogens (primary N) is 2. The normalized spacial score (nSPS) is 29.2. The van der Waals surface area contributed by atoms with Crippen molar-refractivity contribution in [2.24, 2.45) is 16.6 Å². The average molecular weight is 166 g/mol. The predicted octanol–water partition coefficient (Wildman–Crippen LogP) is 0.317. The molecule has 2 rings (SSSR count). The maximum Gasteiger partial charge on any atom is 0.186 e. The van der Waals surface area contributed by atoms with E-state index in [0.29, 0.717) is 0 Å². The standard InChI is InChI=1S/C8H14N4/c9-8-11-5-6-3-1-2-4-7(6)12(8)10/h5,8H,1-4,9-10H2. The van der Waals surface area contributed by atoms with E-state index >= 15 is 0 Å². The SMILES string of the molecule is NC1N=CC2=C(CCCC2)N1N. The predicted molar refractivity (Wildman–Crippen MR) is 48.0 cm³/mol. The number of hydrazine groups is 1. The van der Waals surface area contributed by atoms with E-state index in [4.69, 9.17) is 11.6 Å². The van der Waals surface area contributed by atoms with Crippen molar-refractivity contribution in [1.82, 2.24) is 5.01 Å². The van der Waals surface area contributed by atoms with Gasteiger partial charge in [-0.15, -0.1) is 0 Å². The minimum absolute atomic E-state index is 0.373. The molecule has 2 aliphatic rings. The highest BCUT2D eigenvalue weighted by atomic mass is 15.5. The van der Waals surface area contributed by atoms with Crippen LogP contribution in [0.3, 0.4) is 0 Å². The summed E-state index contributed by atoms with van der Waals surface area (Å²) in [4.78, 5) is 4.09. The van der Waals surface area contributed by atoms with Gasteiger partial charge in [0.05, 0.1) is 0 Å². The lowest BCUT2D eigenvalue weighted by Crippen LogP contribution is -2.47. The zero-order valence-corrected chi connectivity index (χ0v) is 7.03. The van der Waals surface area contributed by atoms with Crippen LogP contribution in [0.15, 0.2) is 16.3 Å². The Balaban J connectivity index is 2.28. The third-order valence-corrected chi connectivity index (χ3v) is 2.46. The number of hydrogen-bond donors (Lipinski definition) is 2. The van der Waals surface area contributed by atoms with Crippen LogP contribution in [0.1, 0.15) is 25.7 Å². The molecule has 0 saturated carbocycles. The molecule has 4 nitrogen and oxygen atoms in total. The van der Waals surface area contributed by atoms with Crippen molar-refractivity contribution in [2.75, 3.05) is 0 Å². The molecule has 0 aromatic heterocycles. The fourth-order valence-corrected chi connectivity index (χ4v) is 1.74. The van der Waals surface area contributed by atoms with Crippen LogP contribution in [0.25, 0.3) is 0 Å². The van der Waals surface area contributed by atoms with E-state index in [9.17, 15) is 0 Å².